The molecular weight excluding hydrogens is 458 g/mol. The number of rotatable bonds is 6. The predicted octanol–water partition coefficient (Wildman–Crippen LogP) is 4.32. The van der Waals surface area contributed by atoms with Crippen LogP contribution in [0.5, 0.6) is 5.75 Å². The number of aromatic nitrogens is 4. The Bertz CT molecular complexity index is 1200. The van der Waals surface area contributed by atoms with Gasteiger partial charge in [0, 0.05) is 22.1 Å². The second-order valence-electron chi connectivity index (χ2n) is 6.23. The van der Waals surface area contributed by atoms with E-state index in [4.69, 9.17) is 16.3 Å². The van der Waals surface area contributed by atoms with Crippen molar-refractivity contribution in [1.82, 2.24) is 19.5 Å². The van der Waals surface area contributed by atoms with Crippen LogP contribution < -0.4 is 15.6 Å². The van der Waals surface area contributed by atoms with Gasteiger partial charge in [-0.1, -0.05) is 39.7 Å². The number of imidazole rings is 1. The Kier molecular flexibility index (Phi) is 5.55. The summed E-state index contributed by atoms with van der Waals surface area (Å²) >= 11 is 9.35. The van der Waals surface area contributed by atoms with E-state index < -0.39 is 0 Å². The lowest BCUT2D eigenvalue weighted by molar-refractivity contribution is 0.301. The van der Waals surface area contributed by atoms with Gasteiger partial charge in [0.2, 0.25) is 5.95 Å². The lowest BCUT2D eigenvalue weighted by atomic mass is 10.2. The molecule has 0 amide bonds. The van der Waals surface area contributed by atoms with Gasteiger partial charge in [-0.15, -0.1) is 0 Å². The van der Waals surface area contributed by atoms with E-state index in [1.165, 1.54) is 0 Å². The van der Waals surface area contributed by atoms with Crippen LogP contribution in [0.2, 0.25) is 5.02 Å². The fourth-order valence-electron chi connectivity index (χ4n) is 2.98. The van der Waals surface area contributed by atoms with E-state index in [1.54, 1.807) is 31.3 Å². The number of H-pyrrole nitrogens is 1. The van der Waals surface area contributed by atoms with Crippen molar-refractivity contribution in [3.05, 3.63) is 68.4 Å². The fourth-order valence-corrected chi connectivity index (χ4v) is 3.37. The number of fused-ring (bicyclic) bond motifs is 1. The first-order valence-corrected chi connectivity index (χ1v) is 10.0. The third-order valence-electron chi connectivity index (χ3n) is 4.35. The van der Waals surface area contributed by atoms with E-state index >= 15 is 0 Å². The van der Waals surface area contributed by atoms with Crippen LogP contribution in [-0.2, 0) is 6.54 Å². The summed E-state index contributed by atoms with van der Waals surface area (Å²) in [6, 6.07) is 14.9. The maximum atomic E-state index is 12.7. The first kappa shape index (κ1) is 19.5. The molecule has 0 radical (unpaired) electrons. The fraction of sp³-hybridized carbons (Fsp3) is 0.150. The first-order valence-electron chi connectivity index (χ1n) is 8.88. The van der Waals surface area contributed by atoms with E-state index in [2.05, 4.69) is 36.2 Å². The van der Waals surface area contributed by atoms with Gasteiger partial charge in [0.15, 0.2) is 11.2 Å². The minimum absolute atomic E-state index is 0.262. The smallest absolute Gasteiger partial charge is 0.278 e. The summed E-state index contributed by atoms with van der Waals surface area (Å²) in [5, 5.41) is 3.49. The van der Waals surface area contributed by atoms with Crippen molar-refractivity contribution in [2.24, 2.45) is 0 Å². The highest BCUT2D eigenvalue weighted by Gasteiger charge is 2.17. The molecule has 0 fully saturated rings. The van der Waals surface area contributed by atoms with Gasteiger partial charge in [0.25, 0.3) is 5.56 Å². The molecule has 29 heavy (non-hydrogen) atoms. The molecule has 9 heteroatoms. The summed E-state index contributed by atoms with van der Waals surface area (Å²) in [6.07, 6.45) is 0. The zero-order chi connectivity index (χ0) is 20.4. The predicted molar refractivity (Wildman–Crippen MR) is 118 cm³/mol. The third-order valence-corrected chi connectivity index (χ3v) is 5.13. The van der Waals surface area contributed by atoms with Crippen molar-refractivity contribution in [1.29, 1.82) is 0 Å². The van der Waals surface area contributed by atoms with Crippen molar-refractivity contribution in [2.45, 2.75) is 6.54 Å². The van der Waals surface area contributed by atoms with E-state index in [1.807, 2.05) is 28.8 Å². The molecule has 0 aliphatic carbocycles. The first-order chi connectivity index (χ1) is 14.0. The molecule has 2 heterocycles. The molecule has 0 aliphatic rings. The summed E-state index contributed by atoms with van der Waals surface area (Å²) in [5.74, 6) is 1.72. The highest BCUT2D eigenvalue weighted by molar-refractivity contribution is 9.10. The van der Waals surface area contributed by atoms with Gasteiger partial charge in [-0.05, 0) is 36.4 Å². The van der Waals surface area contributed by atoms with Crippen molar-refractivity contribution in [3.63, 3.8) is 0 Å². The van der Waals surface area contributed by atoms with Crippen molar-refractivity contribution in [2.75, 3.05) is 19.0 Å². The van der Waals surface area contributed by atoms with Gasteiger partial charge in [-0.25, -0.2) is 4.98 Å². The monoisotopic (exact) mass is 473 g/mol. The van der Waals surface area contributed by atoms with Crippen LogP contribution in [-0.4, -0.2) is 33.2 Å². The Morgan fingerprint density at radius 1 is 1.14 bits per heavy atom. The summed E-state index contributed by atoms with van der Waals surface area (Å²) in [6.45, 7) is 0.776. The van der Waals surface area contributed by atoms with Crippen LogP contribution in [0, 0.1) is 0 Å². The molecule has 0 spiro atoms. The number of hydrogen-bond acceptors (Lipinski definition) is 5. The Hall–Kier alpha value is -2.84. The largest absolute Gasteiger partial charge is 0.492 e. The Labute approximate surface area is 179 Å². The molecule has 7 nitrogen and oxygen atoms in total. The number of hydrogen-bond donors (Lipinski definition) is 2. The number of nitrogens with one attached hydrogen (secondary N) is 2. The molecule has 2 aromatic heterocycles. The van der Waals surface area contributed by atoms with Crippen molar-refractivity contribution in [3.8, 4) is 17.1 Å². The quantitative estimate of drug-likeness (QED) is 0.435. The van der Waals surface area contributed by atoms with Gasteiger partial charge in [0.05, 0.1) is 6.54 Å². The number of anilines is 1. The standard InChI is InChI=1S/C20H17BrClN5O2/c1-23-20-25-17-16(19(28)26-20)27(10-11-29-15-8-6-14(22)7-9-15)18(24-17)12-2-4-13(21)5-3-12/h2-9H,10-11H2,1H3,(H2,23,25,26,28). The Morgan fingerprint density at radius 2 is 1.86 bits per heavy atom. The van der Waals surface area contributed by atoms with E-state index in [0.717, 1.165) is 10.0 Å². The second-order valence-corrected chi connectivity index (χ2v) is 7.59. The maximum absolute atomic E-state index is 12.7. The number of ether oxygens (including phenoxy) is 1. The molecule has 0 bridgehead atoms. The lowest BCUT2D eigenvalue weighted by Crippen LogP contribution is -2.17. The van der Waals surface area contributed by atoms with Crippen LogP contribution in [0.3, 0.4) is 0 Å². The van der Waals surface area contributed by atoms with E-state index in [9.17, 15) is 4.79 Å². The second kappa shape index (κ2) is 8.26. The maximum Gasteiger partial charge on any atom is 0.278 e. The molecule has 2 aromatic carbocycles. The van der Waals surface area contributed by atoms with Crippen LogP contribution in [0.4, 0.5) is 5.95 Å². The van der Waals surface area contributed by atoms with Gasteiger partial charge in [-0.2, -0.15) is 4.98 Å². The molecule has 0 atom stereocenters. The Balaban J connectivity index is 1.72. The normalized spacial score (nSPS) is 11.0. The number of aromatic amines is 1. The molecule has 148 valence electrons. The lowest BCUT2D eigenvalue weighted by Gasteiger charge is -2.11. The minimum Gasteiger partial charge on any atom is -0.492 e. The van der Waals surface area contributed by atoms with Crippen molar-refractivity contribution < 1.29 is 4.74 Å². The van der Waals surface area contributed by atoms with Gasteiger partial charge >= 0.3 is 0 Å². The minimum atomic E-state index is -0.262. The highest BCUT2D eigenvalue weighted by Crippen LogP contribution is 2.24. The average Bonchev–Trinajstić information content (AvgIpc) is 3.09. The molecule has 0 saturated heterocycles. The topological polar surface area (TPSA) is 84.8 Å². The Morgan fingerprint density at radius 3 is 2.55 bits per heavy atom. The SMILES string of the molecule is CNc1nc2nc(-c3ccc(Br)cc3)n(CCOc3ccc(Cl)cc3)c2c(=O)[nH]1. The summed E-state index contributed by atoms with van der Waals surface area (Å²) < 4.78 is 8.61. The van der Waals surface area contributed by atoms with Gasteiger partial charge in [0.1, 0.15) is 18.2 Å². The highest BCUT2D eigenvalue weighted by atomic mass is 79.9. The van der Waals surface area contributed by atoms with Crippen LogP contribution in [0.1, 0.15) is 0 Å². The summed E-state index contributed by atoms with van der Waals surface area (Å²) in [7, 11) is 1.69. The van der Waals surface area contributed by atoms with Gasteiger partial charge in [-0.3, -0.25) is 9.78 Å². The van der Waals surface area contributed by atoms with Crippen molar-refractivity contribution >= 4 is 44.6 Å². The molecule has 0 saturated carbocycles. The number of benzene rings is 2. The zero-order valence-electron chi connectivity index (χ0n) is 15.4. The van der Waals surface area contributed by atoms with Crippen LogP contribution in [0.15, 0.2) is 57.8 Å². The summed E-state index contributed by atoms with van der Waals surface area (Å²) in [4.78, 5) is 24.4. The molecule has 4 rings (SSSR count). The average molecular weight is 475 g/mol. The molecule has 4 aromatic rings. The van der Waals surface area contributed by atoms with Crippen LogP contribution in [0.25, 0.3) is 22.6 Å². The molecule has 2 N–H and O–H groups in total. The van der Waals surface area contributed by atoms with E-state index in [-0.39, 0.29) is 5.56 Å². The van der Waals surface area contributed by atoms with Gasteiger partial charge < -0.3 is 14.6 Å². The third kappa shape index (κ3) is 4.13. The molecule has 0 aliphatic heterocycles. The van der Waals surface area contributed by atoms with Crippen LogP contribution >= 0.6 is 27.5 Å². The number of nitrogens with zero attached hydrogens (tertiary/aromatic N) is 3. The van der Waals surface area contributed by atoms with E-state index in [0.29, 0.717) is 46.9 Å². The summed E-state index contributed by atoms with van der Waals surface area (Å²) in [5.41, 5.74) is 1.40. The number of halogens is 2. The zero-order valence-corrected chi connectivity index (χ0v) is 17.8. The molecular formula is C20H17BrClN5O2. The molecule has 0 unspecified atom stereocenters.